The van der Waals surface area contributed by atoms with E-state index < -0.39 is 0 Å². The number of rotatable bonds is 7. The Hall–Kier alpha value is -0.580. The zero-order valence-electron chi connectivity index (χ0n) is 10.3. The van der Waals surface area contributed by atoms with E-state index in [2.05, 4.69) is 25.3 Å². The molecule has 2 unspecified atom stereocenters. The Morgan fingerprint density at radius 3 is 2.81 bits per heavy atom. The van der Waals surface area contributed by atoms with Crippen LogP contribution in [-0.2, 0) is 0 Å². The van der Waals surface area contributed by atoms with Crippen LogP contribution in [0.15, 0.2) is 11.4 Å². The molecule has 1 rings (SSSR count). The van der Waals surface area contributed by atoms with Gasteiger partial charge >= 0.3 is 0 Å². The zero-order chi connectivity index (χ0) is 12.0. The first-order valence-corrected chi connectivity index (χ1v) is 6.67. The van der Waals surface area contributed by atoms with Crippen LogP contribution >= 0.6 is 11.3 Å². The van der Waals surface area contributed by atoms with Crippen molar-refractivity contribution in [2.24, 2.45) is 11.8 Å². The predicted octanol–water partition coefficient (Wildman–Crippen LogP) is 3.09. The van der Waals surface area contributed by atoms with Crippen LogP contribution in [-0.4, -0.2) is 7.11 Å². The molecule has 0 bridgehead atoms. The maximum atomic E-state index is 5.62. The van der Waals surface area contributed by atoms with Gasteiger partial charge in [0, 0.05) is 10.3 Å². The van der Waals surface area contributed by atoms with E-state index in [1.54, 1.807) is 18.4 Å². The van der Waals surface area contributed by atoms with E-state index in [-0.39, 0.29) is 6.04 Å². The lowest BCUT2D eigenvalue weighted by Crippen LogP contribution is -2.28. The molecule has 3 nitrogen and oxygen atoms in total. The van der Waals surface area contributed by atoms with E-state index in [0.29, 0.717) is 5.92 Å². The molecule has 16 heavy (non-hydrogen) atoms. The van der Waals surface area contributed by atoms with Crippen molar-refractivity contribution in [2.45, 2.75) is 39.2 Å². The molecule has 0 aliphatic heterocycles. The Balaban J connectivity index is 2.59. The summed E-state index contributed by atoms with van der Waals surface area (Å²) in [6.45, 7) is 4.49. The van der Waals surface area contributed by atoms with Crippen LogP contribution < -0.4 is 16.0 Å². The van der Waals surface area contributed by atoms with Crippen molar-refractivity contribution in [1.82, 2.24) is 5.43 Å². The van der Waals surface area contributed by atoms with Gasteiger partial charge in [0.2, 0.25) is 0 Å². The maximum Gasteiger partial charge on any atom is 0.129 e. The molecule has 0 aliphatic rings. The topological polar surface area (TPSA) is 47.3 Å². The monoisotopic (exact) mass is 242 g/mol. The first kappa shape index (κ1) is 13.5. The molecule has 0 fully saturated rings. The Kier molecular flexibility index (Phi) is 5.80. The number of thiophene rings is 1. The average molecular weight is 242 g/mol. The van der Waals surface area contributed by atoms with Crippen molar-refractivity contribution < 1.29 is 4.74 Å². The Morgan fingerprint density at radius 2 is 2.31 bits per heavy atom. The van der Waals surface area contributed by atoms with Crippen LogP contribution in [0.2, 0.25) is 0 Å². The normalized spacial score (nSPS) is 14.8. The van der Waals surface area contributed by atoms with Gasteiger partial charge in [-0.1, -0.05) is 26.7 Å². The summed E-state index contributed by atoms with van der Waals surface area (Å²) in [5.41, 5.74) is 2.90. The first-order valence-electron chi connectivity index (χ1n) is 5.79. The van der Waals surface area contributed by atoms with Gasteiger partial charge in [0.05, 0.1) is 13.2 Å². The lowest BCUT2D eigenvalue weighted by Gasteiger charge is -2.18. The van der Waals surface area contributed by atoms with Gasteiger partial charge < -0.3 is 4.74 Å². The van der Waals surface area contributed by atoms with Gasteiger partial charge in [-0.3, -0.25) is 11.3 Å². The first-order chi connectivity index (χ1) is 7.71. The minimum absolute atomic E-state index is 0.246. The second-order valence-electron chi connectivity index (χ2n) is 4.24. The molecule has 3 N–H and O–H groups in total. The van der Waals surface area contributed by atoms with Gasteiger partial charge in [0.1, 0.15) is 5.75 Å². The van der Waals surface area contributed by atoms with E-state index in [1.165, 1.54) is 17.7 Å². The number of nitrogens with one attached hydrogen (secondary N) is 1. The zero-order valence-corrected chi connectivity index (χ0v) is 11.1. The summed E-state index contributed by atoms with van der Waals surface area (Å²) >= 11 is 1.70. The largest absolute Gasteiger partial charge is 0.496 e. The molecule has 1 aromatic heterocycles. The third kappa shape index (κ3) is 3.77. The van der Waals surface area contributed by atoms with Crippen LogP contribution in [0.25, 0.3) is 0 Å². The SMILES string of the molecule is CCCC(C)CC(NN)c1cc(OC)cs1. The van der Waals surface area contributed by atoms with Gasteiger partial charge in [-0.2, -0.15) is 0 Å². The molecular formula is C12H22N2OS. The molecule has 0 saturated carbocycles. The van der Waals surface area contributed by atoms with Crippen LogP contribution in [0.1, 0.15) is 44.0 Å². The summed E-state index contributed by atoms with van der Waals surface area (Å²) in [7, 11) is 1.69. The second-order valence-corrected chi connectivity index (χ2v) is 5.18. The van der Waals surface area contributed by atoms with E-state index in [1.807, 2.05) is 5.38 Å². The molecule has 92 valence electrons. The molecule has 0 aliphatic carbocycles. The molecule has 0 aromatic carbocycles. The standard InChI is InChI=1S/C12H22N2OS/c1-4-5-9(2)6-11(14-13)12-7-10(15-3)8-16-12/h7-9,11,14H,4-6,13H2,1-3H3. The predicted molar refractivity (Wildman–Crippen MR) is 69.6 cm³/mol. The molecule has 0 radical (unpaired) electrons. The summed E-state index contributed by atoms with van der Waals surface area (Å²) < 4.78 is 5.18. The quantitative estimate of drug-likeness (QED) is 0.570. The van der Waals surface area contributed by atoms with Crippen LogP contribution in [0.4, 0.5) is 0 Å². The Morgan fingerprint density at radius 1 is 1.56 bits per heavy atom. The highest BCUT2D eigenvalue weighted by Crippen LogP contribution is 2.30. The molecule has 1 heterocycles. The molecule has 2 atom stereocenters. The summed E-state index contributed by atoms with van der Waals surface area (Å²) in [4.78, 5) is 1.25. The van der Waals surface area contributed by atoms with Crippen molar-refractivity contribution in [3.05, 3.63) is 16.3 Å². The van der Waals surface area contributed by atoms with Gasteiger partial charge in [-0.05, 0) is 18.4 Å². The van der Waals surface area contributed by atoms with E-state index >= 15 is 0 Å². The maximum absolute atomic E-state index is 5.62. The number of nitrogens with two attached hydrogens (primary N) is 1. The van der Waals surface area contributed by atoms with E-state index in [0.717, 1.165) is 12.2 Å². The van der Waals surface area contributed by atoms with E-state index in [4.69, 9.17) is 10.6 Å². The third-order valence-electron chi connectivity index (χ3n) is 2.80. The van der Waals surface area contributed by atoms with Gasteiger partial charge in [-0.25, -0.2) is 0 Å². The number of hydrogen-bond acceptors (Lipinski definition) is 4. The highest BCUT2D eigenvalue weighted by molar-refractivity contribution is 7.10. The van der Waals surface area contributed by atoms with Crippen molar-refractivity contribution in [3.63, 3.8) is 0 Å². The molecule has 0 amide bonds. The third-order valence-corrected chi connectivity index (χ3v) is 3.82. The van der Waals surface area contributed by atoms with Crippen molar-refractivity contribution in [2.75, 3.05) is 7.11 Å². The van der Waals surface area contributed by atoms with Crippen molar-refractivity contribution in [1.29, 1.82) is 0 Å². The minimum atomic E-state index is 0.246. The molecule has 0 spiro atoms. The van der Waals surface area contributed by atoms with E-state index in [9.17, 15) is 0 Å². The smallest absolute Gasteiger partial charge is 0.129 e. The van der Waals surface area contributed by atoms with Gasteiger partial charge in [0.25, 0.3) is 0 Å². The summed E-state index contributed by atoms with van der Waals surface area (Å²) in [6.07, 6.45) is 3.56. The summed E-state index contributed by atoms with van der Waals surface area (Å²) in [5, 5.41) is 2.02. The van der Waals surface area contributed by atoms with Gasteiger partial charge in [0.15, 0.2) is 0 Å². The number of ether oxygens (including phenoxy) is 1. The lowest BCUT2D eigenvalue weighted by atomic mass is 9.97. The molecule has 4 heteroatoms. The Bertz CT molecular complexity index is 301. The fraction of sp³-hybridized carbons (Fsp3) is 0.667. The van der Waals surface area contributed by atoms with Crippen molar-refractivity contribution in [3.8, 4) is 5.75 Å². The number of hydrazine groups is 1. The molecule has 0 saturated heterocycles. The summed E-state index contributed by atoms with van der Waals surface area (Å²) in [6, 6.07) is 2.31. The summed E-state index contributed by atoms with van der Waals surface area (Å²) in [5.74, 6) is 7.23. The minimum Gasteiger partial charge on any atom is -0.496 e. The fourth-order valence-corrected chi connectivity index (χ4v) is 2.83. The molecular weight excluding hydrogens is 220 g/mol. The average Bonchev–Trinajstić information content (AvgIpc) is 2.74. The van der Waals surface area contributed by atoms with Crippen LogP contribution in [0, 0.1) is 5.92 Å². The van der Waals surface area contributed by atoms with Gasteiger partial charge in [-0.15, -0.1) is 11.3 Å². The van der Waals surface area contributed by atoms with Crippen LogP contribution in [0.3, 0.4) is 0 Å². The number of hydrogen-bond donors (Lipinski definition) is 2. The highest BCUT2D eigenvalue weighted by Gasteiger charge is 2.15. The second kappa shape index (κ2) is 6.89. The fourth-order valence-electron chi connectivity index (χ4n) is 1.90. The lowest BCUT2D eigenvalue weighted by molar-refractivity contribution is 0.395. The Labute approximate surface area is 102 Å². The highest BCUT2D eigenvalue weighted by atomic mass is 32.1. The van der Waals surface area contributed by atoms with Crippen LogP contribution in [0.5, 0.6) is 5.75 Å². The van der Waals surface area contributed by atoms with Crippen molar-refractivity contribution >= 4 is 11.3 Å². The molecule has 1 aromatic rings. The number of methoxy groups -OCH3 is 1.